The number of methoxy groups -OCH3 is 2. The van der Waals surface area contributed by atoms with Crippen molar-refractivity contribution in [3.05, 3.63) is 29.5 Å². The van der Waals surface area contributed by atoms with Crippen LogP contribution in [-0.4, -0.2) is 35.9 Å². The van der Waals surface area contributed by atoms with E-state index in [0.29, 0.717) is 22.6 Å². The molecule has 1 aliphatic rings. The van der Waals surface area contributed by atoms with Crippen LogP contribution in [0, 0.1) is 11.3 Å². The number of anilines is 1. The number of phenols is 1. The van der Waals surface area contributed by atoms with Gasteiger partial charge in [0, 0.05) is 17.2 Å². The van der Waals surface area contributed by atoms with Crippen LogP contribution in [0.2, 0.25) is 0 Å². The number of hydrogen-bond acceptors (Lipinski definition) is 7. The van der Waals surface area contributed by atoms with Crippen molar-refractivity contribution >= 4 is 12.3 Å². The van der Waals surface area contributed by atoms with Crippen molar-refractivity contribution in [1.29, 1.82) is 5.26 Å². The number of nitrogens with zero attached hydrogens (tertiary/aromatic N) is 2. The first kappa shape index (κ1) is 21.8. The maximum atomic E-state index is 10.1. The lowest BCUT2D eigenvalue weighted by Crippen LogP contribution is -2.09. The number of hydrogen-bond donors (Lipinski definition) is 3. The lowest BCUT2D eigenvalue weighted by atomic mass is 9.85. The van der Waals surface area contributed by atoms with E-state index >= 15 is 0 Å². The maximum Gasteiger partial charge on any atom is 0.290 e. The van der Waals surface area contributed by atoms with Crippen LogP contribution in [0.3, 0.4) is 0 Å². The number of nitrogens with two attached hydrogens (primary N) is 1. The van der Waals surface area contributed by atoms with Crippen molar-refractivity contribution < 1.29 is 24.5 Å². The molecule has 1 aliphatic carbocycles. The second-order valence-corrected chi connectivity index (χ2v) is 6.64. The second-order valence-electron chi connectivity index (χ2n) is 6.64. The molecule has 1 aromatic heterocycles. The van der Waals surface area contributed by atoms with Crippen molar-refractivity contribution in [1.82, 2.24) is 4.98 Å². The number of carbonyl (C=O) groups is 1. The number of nitrogen functional groups attached to an aromatic ring is 1. The van der Waals surface area contributed by atoms with Gasteiger partial charge in [0.1, 0.15) is 17.5 Å². The first-order valence-corrected chi connectivity index (χ1v) is 9.24. The van der Waals surface area contributed by atoms with Crippen LogP contribution >= 0.6 is 0 Å². The first-order valence-electron chi connectivity index (χ1n) is 9.24. The van der Waals surface area contributed by atoms with Crippen LogP contribution in [0.4, 0.5) is 5.82 Å². The Labute approximate surface area is 169 Å². The van der Waals surface area contributed by atoms with Gasteiger partial charge in [0.2, 0.25) is 5.75 Å². The highest BCUT2D eigenvalue weighted by Gasteiger charge is 2.22. The van der Waals surface area contributed by atoms with E-state index in [4.69, 9.17) is 25.1 Å². The number of aromatic hydroxyl groups is 1. The Kier molecular flexibility index (Phi) is 7.66. The topological polar surface area (TPSA) is 139 Å². The molecule has 0 spiro atoms. The maximum absolute atomic E-state index is 10.1. The minimum absolute atomic E-state index is 0.0770. The third-order valence-corrected chi connectivity index (χ3v) is 4.99. The Morgan fingerprint density at radius 1 is 1.17 bits per heavy atom. The summed E-state index contributed by atoms with van der Waals surface area (Å²) < 4.78 is 10.5. The van der Waals surface area contributed by atoms with E-state index in [1.54, 1.807) is 12.1 Å². The molecule has 2 aromatic rings. The molecule has 154 valence electrons. The number of aromatic nitrogens is 1. The summed E-state index contributed by atoms with van der Waals surface area (Å²) in [7, 11) is 2.94. The summed E-state index contributed by atoms with van der Waals surface area (Å²) in [5.74, 6) is 1.07. The van der Waals surface area contributed by atoms with Crippen molar-refractivity contribution in [3.63, 3.8) is 0 Å². The first-order chi connectivity index (χ1) is 14.0. The van der Waals surface area contributed by atoms with Gasteiger partial charge in [0.15, 0.2) is 11.5 Å². The standard InChI is InChI=1S/C20H23N3O3.CH2O2/c1-25-17-8-13(9-18(26-2)19(17)24)14-10-16(12-6-4-3-5-7-12)23-20(22)15(14)11-21;2-1-3/h8-10,12,24H,3-7H2,1-2H3,(H2,22,23);1H,(H,2,3). The molecular weight excluding hydrogens is 374 g/mol. The summed E-state index contributed by atoms with van der Waals surface area (Å²) in [6, 6.07) is 7.45. The molecule has 29 heavy (non-hydrogen) atoms. The monoisotopic (exact) mass is 399 g/mol. The summed E-state index contributed by atoms with van der Waals surface area (Å²) in [5.41, 5.74) is 8.71. The Morgan fingerprint density at radius 3 is 2.21 bits per heavy atom. The van der Waals surface area contributed by atoms with Gasteiger partial charge in [0.25, 0.3) is 6.47 Å². The number of benzene rings is 1. The summed E-state index contributed by atoms with van der Waals surface area (Å²) in [5, 5.41) is 26.6. The second kappa shape index (κ2) is 10.2. The van der Waals surface area contributed by atoms with Crippen LogP contribution in [0.25, 0.3) is 11.1 Å². The molecule has 8 nitrogen and oxygen atoms in total. The fourth-order valence-corrected chi connectivity index (χ4v) is 3.59. The number of nitriles is 1. The lowest BCUT2D eigenvalue weighted by Gasteiger charge is -2.22. The van der Waals surface area contributed by atoms with Crippen LogP contribution in [0.15, 0.2) is 18.2 Å². The predicted octanol–water partition coefficient (Wildman–Crippen LogP) is 3.67. The van der Waals surface area contributed by atoms with Gasteiger partial charge in [-0.25, -0.2) is 4.98 Å². The van der Waals surface area contributed by atoms with E-state index in [1.807, 2.05) is 6.07 Å². The van der Waals surface area contributed by atoms with E-state index in [0.717, 1.165) is 18.5 Å². The molecule has 8 heteroatoms. The third kappa shape index (κ3) is 4.88. The molecule has 1 heterocycles. The Hall–Kier alpha value is -3.47. The van der Waals surface area contributed by atoms with Gasteiger partial charge in [-0.05, 0) is 36.6 Å². The number of phenolic OH excluding ortho intramolecular Hbond substituents is 1. The Bertz CT molecular complexity index is 877. The van der Waals surface area contributed by atoms with Crippen LogP contribution in [-0.2, 0) is 4.79 Å². The predicted molar refractivity (Wildman–Crippen MR) is 108 cm³/mol. The molecule has 0 aliphatic heterocycles. The fraction of sp³-hybridized carbons (Fsp3) is 0.381. The zero-order valence-electron chi connectivity index (χ0n) is 16.5. The van der Waals surface area contributed by atoms with Gasteiger partial charge < -0.3 is 25.4 Å². The molecule has 0 amide bonds. The number of rotatable bonds is 4. The largest absolute Gasteiger partial charge is 0.502 e. The van der Waals surface area contributed by atoms with Gasteiger partial charge in [0.05, 0.1) is 14.2 Å². The van der Waals surface area contributed by atoms with Gasteiger partial charge in [-0.15, -0.1) is 0 Å². The summed E-state index contributed by atoms with van der Waals surface area (Å²) in [6.45, 7) is -0.250. The van der Waals surface area contributed by atoms with E-state index in [-0.39, 0.29) is 29.5 Å². The highest BCUT2D eigenvalue weighted by molar-refractivity contribution is 5.79. The molecule has 0 radical (unpaired) electrons. The zero-order valence-corrected chi connectivity index (χ0v) is 16.5. The smallest absolute Gasteiger partial charge is 0.290 e. The highest BCUT2D eigenvalue weighted by Crippen LogP contribution is 2.42. The summed E-state index contributed by atoms with van der Waals surface area (Å²) in [6.07, 6.45) is 5.78. The minimum Gasteiger partial charge on any atom is -0.502 e. The summed E-state index contributed by atoms with van der Waals surface area (Å²) >= 11 is 0. The van der Waals surface area contributed by atoms with Crippen molar-refractivity contribution in [2.24, 2.45) is 0 Å². The Balaban J connectivity index is 0.000000941. The molecule has 0 saturated heterocycles. The zero-order chi connectivity index (χ0) is 21.4. The van der Waals surface area contributed by atoms with E-state index in [2.05, 4.69) is 11.1 Å². The van der Waals surface area contributed by atoms with E-state index in [9.17, 15) is 10.4 Å². The van der Waals surface area contributed by atoms with Gasteiger partial charge in [-0.2, -0.15) is 5.26 Å². The summed E-state index contributed by atoms with van der Waals surface area (Å²) in [4.78, 5) is 12.9. The average molecular weight is 399 g/mol. The van der Waals surface area contributed by atoms with Crippen molar-refractivity contribution in [2.75, 3.05) is 20.0 Å². The number of ether oxygens (including phenoxy) is 2. The minimum atomic E-state index is -0.250. The molecule has 0 unspecified atom stereocenters. The van der Waals surface area contributed by atoms with Crippen LogP contribution in [0.5, 0.6) is 17.2 Å². The molecule has 1 saturated carbocycles. The SMILES string of the molecule is COc1cc(-c2cc(C3CCCCC3)nc(N)c2C#N)cc(OC)c1O.O=CO. The van der Waals surface area contributed by atoms with Gasteiger partial charge in [-0.1, -0.05) is 19.3 Å². The normalized spacial score (nSPS) is 13.6. The average Bonchev–Trinajstić information content (AvgIpc) is 2.74. The highest BCUT2D eigenvalue weighted by atomic mass is 16.5. The number of carboxylic acid groups (broad SMARTS) is 1. The molecule has 1 aromatic carbocycles. The molecule has 3 rings (SSSR count). The third-order valence-electron chi connectivity index (χ3n) is 4.99. The Morgan fingerprint density at radius 2 is 1.72 bits per heavy atom. The molecule has 0 atom stereocenters. The van der Waals surface area contributed by atoms with Crippen molar-refractivity contribution in [3.8, 4) is 34.4 Å². The van der Waals surface area contributed by atoms with Crippen LogP contribution in [0.1, 0.15) is 49.3 Å². The van der Waals surface area contributed by atoms with Crippen LogP contribution < -0.4 is 15.2 Å². The fourth-order valence-electron chi connectivity index (χ4n) is 3.59. The van der Waals surface area contributed by atoms with E-state index in [1.165, 1.54) is 33.5 Å². The quantitative estimate of drug-likeness (QED) is 0.662. The molecule has 4 N–H and O–H groups in total. The molecule has 1 fully saturated rings. The molecule has 0 bridgehead atoms. The van der Waals surface area contributed by atoms with Crippen molar-refractivity contribution in [2.45, 2.75) is 38.0 Å². The lowest BCUT2D eigenvalue weighted by molar-refractivity contribution is -0.122. The number of pyridine rings is 1. The molecular formula is C21H25N3O5. The van der Waals surface area contributed by atoms with Gasteiger partial charge >= 0.3 is 0 Å². The van der Waals surface area contributed by atoms with E-state index < -0.39 is 0 Å². The van der Waals surface area contributed by atoms with Gasteiger partial charge in [-0.3, -0.25) is 4.79 Å².